The van der Waals surface area contributed by atoms with Crippen molar-refractivity contribution in [3.05, 3.63) is 52.5 Å². The summed E-state index contributed by atoms with van der Waals surface area (Å²) in [5, 5.41) is 11.6. The van der Waals surface area contributed by atoms with E-state index in [4.69, 9.17) is 20.8 Å². The molecule has 0 spiro atoms. The Labute approximate surface area is 166 Å². The number of thioether (sulfide) groups is 1. The molecule has 1 N–H and O–H groups in total. The molecule has 140 valence electrons. The Hall–Kier alpha value is -2.51. The number of aryl methyl sites for hydroxylation is 2. The zero-order chi connectivity index (χ0) is 19.4. The van der Waals surface area contributed by atoms with Gasteiger partial charge in [-0.05, 0) is 55.3 Å². The van der Waals surface area contributed by atoms with Gasteiger partial charge in [0.05, 0.1) is 18.6 Å². The van der Waals surface area contributed by atoms with E-state index >= 15 is 0 Å². The number of halogens is 1. The van der Waals surface area contributed by atoms with E-state index in [1.165, 1.54) is 12.7 Å². The van der Waals surface area contributed by atoms with Crippen LogP contribution < -0.4 is 10.1 Å². The van der Waals surface area contributed by atoms with Crippen molar-refractivity contribution >= 4 is 35.0 Å². The second-order valence-electron chi connectivity index (χ2n) is 5.85. The first-order chi connectivity index (χ1) is 13.0. The second kappa shape index (κ2) is 8.45. The van der Waals surface area contributed by atoms with E-state index < -0.39 is 0 Å². The van der Waals surface area contributed by atoms with Gasteiger partial charge in [0, 0.05) is 10.6 Å². The number of carbonyl (C=O) groups excluding carboxylic acids is 1. The van der Waals surface area contributed by atoms with Crippen LogP contribution in [0.15, 0.2) is 46.0 Å². The molecule has 0 unspecified atom stereocenters. The Balaban J connectivity index is 1.62. The molecule has 8 heteroatoms. The maximum atomic E-state index is 12.2. The second-order valence-corrected chi connectivity index (χ2v) is 7.22. The maximum absolute atomic E-state index is 12.2. The Morgan fingerprint density at radius 2 is 2.00 bits per heavy atom. The van der Waals surface area contributed by atoms with Gasteiger partial charge in [0.25, 0.3) is 5.22 Å². The van der Waals surface area contributed by atoms with Crippen LogP contribution in [0.3, 0.4) is 0 Å². The van der Waals surface area contributed by atoms with Crippen molar-refractivity contribution in [3.63, 3.8) is 0 Å². The van der Waals surface area contributed by atoms with E-state index in [1.54, 1.807) is 18.2 Å². The Morgan fingerprint density at radius 3 is 2.74 bits per heavy atom. The lowest BCUT2D eigenvalue weighted by Crippen LogP contribution is -2.14. The molecule has 1 aromatic heterocycles. The molecule has 0 aliphatic heterocycles. The molecule has 0 radical (unpaired) electrons. The fourth-order valence-electron chi connectivity index (χ4n) is 2.35. The molecule has 0 aliphatic carbocycles. The summed E-state index contributed by atoms with van der Waals surface area (Å²) >= 11 is 7.13. The van der Waals surface area contributed by atoms with Gasteiger partial charge in [0.1, 0.15) is 5.75 Å². The predicted molar refractivity (Wildman–Crippen MR) is 107 cm³/mol. The summed E-state index contributed by atoms with van der Waals surface area (Å²) in [6.45, 7) is 4.07. The van der Waals surface area contributed by atoms with Crippen LogP contribution in [0, 0.1) is 13.8 Å². The van der Waals surface area contributed by atoms with Crippen molar-refractivity contribution in [1.29, 1.82) is 0 Å². The Kier molecular flexibility index (Phi) is 6.03. The molecule has 6 nitrogen and oxygen atoms in total. The SMILES string of the molecule is COc1ccc(Cl)cc1NC(=O)CSc1nnc(-c2ccc(C)c(C)c2)o1. The lowest BCUT2D eigenvalue weighted by molar-refractivity contribution is -0.113. The van der Waals surface area contributed by atoms with Gasteiger partial charge in [-0.2, -0.15) is 0 Å². The Morgan fingerprint density at radius 1 is 1.19 bits per heavy atom. The fourth-order valence-corrected chi connectivity index (χ4v) is 3.09. The quantitative estimate of drug-likeness (QED) is 0.598. The number of anilines is 1. The summed E-state index contributed by atoms with van der Waals surface area (Å²) in [4.78, 5) is 12.2. The van der Waals surface area contributed by atoms with E-state index in [2.05, 4.69) is 15.5 Å². The summed E-state index contributed by atoms with van der Waals surface area (Å²) < 4.78 is 10.9. The molecule has 0 saturated heterocycles. The number of benzene rings is 2. The third kappa shape index (κ3) is 4.81. The van der Waals surface area contributed by atoms with Gasteiger partial charge in [-0.15, -0.1) is 10.2 Å². The van der Waals surface area contributed by atoms with Crippen LogP contribution >= 0.6 is 23.4 Å². The van der Waals surface area contributed by atoms with E-state index in [0.717, 1.165) is 22.9 Å². The maximum Gasteiger partial charge on any atom is 0.277 e. The lowest BCUT2D eigenvalue weighted by Gasteiger charge is -2.09. The number of nitrogens with zero attached hydrogens (tertiary/aromatic N) is 2. The van der Waals surface area contributed by atoms with Crippen molar-refractivity contribution in [2.45, 2.75) is 19.1 Å². The average molecular weight is 404 g/mol. The summed E-state index contributed by atoms with van der Waals surface area (Å²) in [6.07, 6.45) is 0. The van der Waals surface area contributed by atoms with Gasteiger partial charge >= 0.3 is 0 Å². The number of rotatable bonds is 6. The first-order valence-corrected chi connectivity index (χ1v) is 9.50. The zero-order valence-electron chi connectivity index (χ0n) is 15.1. The monoisotopic (exact) mass is 403 g/mol. The Bertz CT molecular complexity index is 975. The van der Waals surface area contributed by atoms with Gasteiger partial charge in [-0.1, -0.05) is 29.4 Å². The van der Waals surface area contributed by atoms with Crippen LogP contribution in [0.2, 0.25) is 5.02 Å². The molecular formula is C19H18ClN3O3S. The smallest absolute Gasteiger partial charge is 0.277 e. The molecule has 0 saturated carbocycles. The molecule has 1 heterocycles. The standard InChI is InChI=1S/C19H18ClN3O3S/c1-11-4-5-13(8-12(11)2)18-22-23-19(26-18)27-10-17(24)21-15-9-14(20)6-7-16(15)25-3/h4-9H,10H2,1-3H3,(H,21,24). The highest BCUT2D eigenvalue weighted by Gasteiger charge is 2.13. The van der Waals surface area contributed by atoms with Crippen molar-refractivity contribution in [3.8, 4) is 17.2 Å². The molecule has 0 fully saturated rings. The van der Waals surface area contributed by atoms with Crippen molar-refractivity contribution in [1.82, 2.24) is 10.2 Å². The van der Waals surface area contributed by atoms with Crippen LogP contribution in [-0.2, 0) is 4.79 Å². The van der Waals surface area contributed by atoms with Crippen LogP contribution in [0.5, 0.6) is 5.75 Å². The van der Waals surface area contributed by atoms with Crippen molar-refractivity contribution in [2.75, 3.05) is 18.2 Å². The first kappa shape index (κ1) is 19.3. The minimum Gasteiger partial charge on any atom is -0.495 e. The van der Waals surface area contributed by atoms with E-state index in [0.29, 0.717) is 27.6 Å². The van der Waals surface area contributed by atoms with E-state index in [-0.39, 0.29) is 11.7 Å². The van der Waals surface area contributed by atoms with Gasteiger partial charge in [0.15, 0.2) is 0 Å². The number of carbonyl (C=O) groups is 1. The number of ether oxygens (including phenoxy) is 1. The van der Waals surface area contributed by atoms with Crippen LogP contribution in [0.4, 0.5) is 5.69 Å². The van der Waals surface area contributed by atoms with Crippen LogP contribution in [-0.4, -0.2) is 29.0 Å². The molecule has 3 rings (SSSR count). The molecule has 0 atom stereocenters. The zero-order valence-corrected chi connectivity index (χ0v) is 16.6. The molecular weight excluding hydrogens is 386 g/mol. The minimum atomic E-state index is -0.230. The number of amides is 1. The number of hydrogen-bond acceptors (Lipinski definition) is 6. The summed E-state index contributed by atoms with van der Waals surface area (Å²) in [6, 6.07) is 11.0. The van der Waals surface area contributed by atoms with Gasteiger partial charge < -0.3 is 14.5 Å². The summed E-state index contributed by atoms with van der Waals surface area (Å²) in [5.41, 5.74) is 3.71. The number of methoxy groups -OCH3 is 1. The van der Waals surface area contributed by atoms with E-state index in [9.17, 15) is 4.79 Å². The van der Waals surface area contributed by atoms with Crippen molar-refractivity contribution in [2.24, 2.45) is 0 Å². The third-order valence-corrected chi connectivity index (χ3v) is 4.98. The fraction of sp³-hybridized carbons (Fsp3) is 0.211. The third-order valence-electron chi connectivity index (χ3n) is 3.92. The molecule has 3 aromatic rings. The topological polar surface area (TPSA) is 77.2 Å². The van der Waals surface area contributed by atoms with E-state index in [1.807, 2.05) is 32.0 Å². The normalized spacial score (nSPS) is 10.7. The van der Waals surface area contributed by atoms with Gasteiger partial charge in [-0.3, -0.25) is 4.79 Å². The molecule has 1 amide bonds. The first-order valence-electron chi connectivity index (χ1n) is 8.13. The van der Waals surface area contributed by atoms with Gasteiger partial charge in [0.2, 0.25) is 11.8 Å². The van der Waals surface area contributed by atoms with Crippen LogP contribution in [0.25, 0.3) is 11.5 Å². The molecule has 0 bridgehead atoms. The largest absolute Gasteiger partial charge is 0.495 e. The molecule has 27 heavy (non-hydrogen) atoms. The van der Waals surface area contributed by atoms with Crippen LogP contribution in [0.1, 0.15) is 11.1 Å². The lowest BCUT2D eigenvalue weighted by atomic mass is 10.1. The minimum absolute atomic E-state index is 0.115. The summed E-state index contributed by atoms with van der Waals surface area (Å²) in [5.74, 6) is 0.848. The average Bonchev–Trinajstić information content (AvgIpc) is 3.11. The van der Waals surface area contributed by atoms with Crippen molar-refractivity contribution < 1.29 is 13.9 Å². The van der Waals surface area contributed by atoms with Gasteiger partial charge in [-0.25, -0.2) is 0 Å². The highest BCUT2D eigenvalue weighted by atomic mass is 35.5. The number of hydrogen-bond donors (Lipinski definition) is 1. The summed E-state index contributed by atoms with van der Waals surface area (Å²) in [7, 11) is 1.53. The number of nitrogens with one attached hydrogen (secondary N) is 1. The molecule has 0 aliphatic rings. The molecule has 2 aromatic carbocycles. The highest BCUT2D eigenvalue weighted by Crippen LogP contribution is 2.28. The highest BCUT2D eigenvalue weighted by molar-refractivity contribution is 7.99. The predicted octanol–water partition coefficient (Wildman–Crippen LogP) is 4.75. The number of aromatic nitrogens is 2.